The Morgan fingerprint density at radius 2 is 2.07 bits per heavy atom. The zero-order valence-corrected chi connectivity index (χ0v) is 9.16. The number of ether oxygens (including phenoxy) is 1. The van der Waals surface area contributed by atoms with Gasteiger partial charge in [-0.05, 0) is 27.2 Å². The van der Waals surface area contributed by atoms with Gasteiger partial charge in [-0.25, -0.2) is 9.59 Å². The van der Waals surface area contributed by atoms with Crippen molar-refractivity contribution in [2.24, 2.45) is 4.99 Å². The van der Waals surface area contributed by atoms with Crippen molar-refractivity contribution in [3.8, 4) is 0 Å². The average molecular weight is 199 g/mol. The Hall–Kier alpha value is -1.15. The number of aliphatic imine (C=N–C) groups is 1. The Morgan fingerprint density at radius 1 is 1.50 bits per heavy atom. The minimum Gasteiger partial charge on any atom is -0.458 e. The van der Waals surface area contributed by atoms with E-state index in [9.17, 15) is 9.59 Å². The van der Waals surface area contributed by atoms with Crippen LogP contribution in [0.5, 0.6) is 0 Å². The summed E-state index contributed by atoms with van der Waals surface area (Å²) in [5, 5.41) is 0. The molecule has 0 aromatic rings. The van der Waals surface area contributed by atoms with E-state index >= 15 is 0 Å². The molecule has 0 amide bonds. The topological polar surface area (TPSA) is 55.7 Å². The molecule has 0 aromatic heterocycles. The van der Waals surface area contributed by atoms with Gasteiger partial charge in [0.15, 0.2) is 6.04 Å². The van der Waals surface area contributed by atoms with Crippen molar-refractivity contribution in [2.45, 2.75) is 52.2 Å². The van der Waals surface area contributed by atoms with Crippen molar-refractivity contribution in [2.75, 3.05) is 0 Å². The number of isocyanates is 1. The molecule has 0 radical (unpaired) electrons. The number of hydrogen-bond acceptors (Lipinski definition) is 4. The highest BCUT2D eigenvalue weighted by atomic mass is 16.6. The molecular formula is C10H17NO3. The molecule has 14 heavy (non-hydrogen) atoms. The van der Waals surface area contributed by atoms with Crippen molar-refractivity contribution < 1.29 is 14.3 Å². The monoisotopic (exact) mass is 199 g/mol. The second-order valence-electron chi connectivity index (χ2n) is 4.06. The molecule has 80 valence electrons. The SMILES string of the molecule is CCCC(N=C=O)C(=O)OC(C)(C)C. The Kier molecular flexibility index (Phi) is 5.10. The molecule has 0 saturated heterocycles. The Bertz CT molecular complexity index is 236. The molecule has 0 N–H and O–H groups in total. The van der Waals surface area contributed by atoms with Gasteiger partial charge < -0.3 is 4.74 Å². The van der Waals surface area contributed by atoms with E-state index in [4.69, 9.17) is 4.74 Å². The number of rotatable bonds is 4. The van der Waals surface area contributed by atoms with Gasteiger partial charge in [-0.3, -0.25) is 0 Å². The molecule has 0 rings (SSSR count). The first kappa shape index (κ1) is 12.8. The molecule has 0 bridgehead atoms. The molecule has 0 aliphatic heterocycles. The summed E-state index contributed by atoms with van der Waals surface area (Å²) in [6, 6.07) is -0.697. The summed E-state index contributed by atoms with van der Waals surface area (Å²) in [7, 11) is 0. The van der Waals surface area contributed by atoms with Crippen LogP contribution >= 0.6 is 0 Å². The van der Waals surface area contributed by atoms with Crippen LogP contribution in [0, 0.1) is 0 Å². The largest absolute Gasteiger partial charge is 0.458 e. The van der Waals surface area contributed by atoms with E-state index < -0.39 is 17.6 Å². The van der Waals surface area contributed by atoms with E-state index in [0.717, 1.165) is 6.42 Å². The predicted molar refractivity (Wildman–Crippen MR) is 52.7 cm³/mol. The molecule has 0 aromatic carbocycles. The summed E-state index contributed by atoms with van der Waals surface area (Å²) in [6.07, 6.45) is 2.68. The molecule has 4 nitrogen and oxygen atoms in total. The fourth-order valence-corrected chi connectivity index (χ4v) is 0.942. The van der Waals surface area contributed by atoms with Crippen LogP contribution in [-0.4, -0.2) is 23.7 Å². The van der Waals surface area contributed by atoms with Gasteiger partial charge in [0.2, 0.25) is 6.08 Å². The normalized spacial score (nSPS) is 12.9. The summed E-state index contributed by atoms with van der Waals surface area (Å²) < 4.78 is 5.09. The quantitative estimate of drug-likeness (QED) is 0.394. The van der Waals surface area contributed by atoms with Crippen LogP contribution < -0.4 is 0 Å². The predicted octanol–water partition coefficient (Wildman–Crippen LogP) is 1.83. The van der Waals surface area contributed by atoms with Crippen LogP contribution in [0.15, 0.2) is 4.99 Å². The lowest BCUT2D eigenvalue weighted by Crippen LogP contribution is -2.30. The second-order valence-corrected chi connectivity index (χ2v) is 4.06. The minimum absolute atomic E-state index is 0.456. The van der Waals surface area contributed by atoms with Crippen LogP contribution in [0.25, 0.3) is 0 Å². The minimum atomic E-state index is -0.697. The lowest BCUT2D eigenvalue weighted by Gasteiger charge is -2.21. The van der Waals surface area contributed by atoms with Crippen LogP contribution in [0.3, 0.4) is 0 Å². The third kappa shape index (κ3) is 5.49. The summed E-state index contributed by atoms with van der Waals surface area (Å²) in [5.74, 6) is -0.456. The van der Waals surface area contributed by atoms with Gasteiger partial charge in [0, 0.05) is 0 Å². The first-order valence-corrected chi connectivity index (χ1v) is 4.70. The van der Waals surface area contributed by atoms with Crippen LogP contribution in [0.4, 0.5) is 0 Å². The number of hydrogen-bond donors (Lipinski definition) is 0. The standard InChI is InChI=1S/C10H17NO3/c1-5-6-8(11-7-12)9(13)14-10(2,3)4/h8H,5-6H2,1-4H3. The van der Waals surface area contributed by atoms with E-state index in [-0.39, 0.29) is 0 Å². The molecule has 0 aliphatic carbocycles. The smallest absolute Gasteiger partial charge is 0.332 e. The van der Waals surface area contributed by atoms with Crippen molar-refractivity contribution in [3.63, 3.8) is 0 Å². The highest BCUT2D eigenvalue weighted by Gasteiger charge is 2.23. The average Bonchev–Trinajstić information content (AvgIpc) is 2.01. The second kappa shape index (κ2) is 5.55. The third-order valence-corrected chi connectivity index (χ3v) is 1.45. The molecule has 1 unspecified atom stereocenters. The number of carbonyl (C=O) groups is 1. The number of carbonyl (C=O) groups excluding carboxylic acids is 2. The molecule has 1 atom stereocenters. The van der Waals surface area contributed by atoms with Crippen molar-refractivity contribution in [1.82, 2.24) is 0 Å². The molecule has 4 heteroatoms. The van der Waals surface area contributed by atoms with Gasteiger partial charge >= 0.3 is 5.97 Å². The van der Waals surface area contributed by atoms with E-state index in [1.165, 1.54) is 6.08 Å². The number of nitrogens with zero attached hydrogens (tertiary/aromatic N) is 1. The fraction of sp³-hybridized carbons (Fsp3) is 0.800. The first-order valence-electron chi connectivity index (χ1n) is 4.70. The molecule has 0 heterocycles. The summed E-state index contributed by atoms with van der Waals surface area (Å²) in [4.78, 5) is 24.9. The maximum atomic E-state index is 11.4. The van der Waals surface area contributed by atoms with Gasteiger partial charge in [0.25, 0.3) is 0 Å². The molecule has 0 saturated carbocycles. The van der Waals surface area contributed by atoms with Gasteiger partial charge in [-0.1, -0.05) is 13.3 Å². The molecular weight excluding hydrogens is 182 g/mol. The van der Waals surface area contributed by atoms with E-state index in [1.807, 2.05) is 6.92 Å². The number of esters is 1. The highest BCUT2D eigenvalue weighted by Crippen LogP contribution is 2.12. The maximum absolute atomic E-state index is 11.4. The fourth-order valence-electron chi connectivity index (χ4n) is 0.942. The van der Waals surface area contributed by atoms with E-state index in [2.05, 4.69) is 4.99 Å². The zero-order valence-electron chi connectivity index (χ0n) is 9.16. The van der Waals surface area contributed by atoms with Crippen molar-refractivity contribution in [3.05, 3.63) is 0 Å². The third-order valence-electron chi connectivity index (χ3n) is 1.45. The van der Waals surface area contributed by atoms with Crippen molar-refractivity contribution >= 4 is 12.0 Å². The van der Waals surface area contributed by atoms with Gasteiger partial charge in [-0.2, -0.15) is 4.99 Å². The Morgan fingerprint density at radius 3 is 2.43 bits per heavy atom. The van der Waals surface area contributed by atoms with Gasteiger partial charge in [0.1, 0.15) is 5.60 Å². The van der Waals surface area contributed by atoms with E-state index in [1.54, 1.807) is 20.8 Å². The first-order chi connectivity index (χ1) is 6.40. The Labute approximate surface area is 84.4 Å². The van der Waals surface area contributed by atoms with Gasteiger partial charge in [-0.15, -0.1) is 0 Å². The van der Waals surface area contributed by atoms with Crippen molar-refractivity contribution in [1.29, 1.82) is 0 Å². The van der Waals surface area contributed by atoms with Gasteiger partial charge in [0.05, 0.1) is 0 Å². The summed E-state index contributed by atoms with van der Waals surface area (Å²) in [5.41, 5.74) is -0.540. The van der Waals surface area contributed by atoms with Crippen LogP contribution in [0.2, 0.25) is 0 Å². The lowest BCUT2D eigenvalue weighted by molar-refractivity contribution is -0.156. The Balaban J connectivity index is 4.37. The van der Waals surface area contributed by atoms with Crippen LogP contribution in [0.1, 0.15) is 40.5 Å². The highest BCUT2D eigenvalue weighted by molar-refractivity contribution is 5.77. The molecule has 0 aliphatic rings. The zero-order chi connectivity index (χ0) is 11.2. The lowest BCUT2D eigenvalue weighted by atomic mass is 10.1. The maximum Gasteiger partial charge on any atom is 0.332 e. The summed E-state index contributed by atoms with van der Waals surface area (Å²) in [6.45, 7) is 7.24. The molecule has 0 spiro atoms. The van der Waals surface area contributed by atoms with E-state index in [0.29, 0.717) is 6.42 Å². The summed E-state index contributed by atoms with van der Waals surface area (Å²) >= 11 is 0. The van der Waals surface area contributed by atoms with Crippen LogP contribution in [-0.2, 0) is 14.3 Å². The molecule has 0 fully saturated rings.